The Balaban J connectivity index is 3.28. The molecular weight excluding hydrogens is 254 g/mol. The Labute approximate surface area is 95.7 Å². The first-order valence-corrected chi connectivity index (χ1v) is 5.93. The van der Waals surface area contributed by atoms with Crippen molar-refractivity contribution in [1.82, 2.24) is 0 Å². The Bertz CT molecular complexity index is 578. The molecule has 0 saturated heterocycles. The summed E-state index contributed by atoms with van der Waals surface area (Å²) >= 11 is 0. The van der Waals surface area contributed by atoms with Crippen molar-refractivity contribution in [2.24, 2.45) is 0 Å². The molecular formula is C8H7NO7S. The molecule has 0 amide bonds. The maximum atomic E-state index is 10.8. The highest BCUT2D eigenvalue weighted by atomic mass is 32.2. The molecule has 0 spiro atoms. The quantitative estimate of drug-likeness (QED) is 0.478. The van der Waals surface area contributed by atoms with E-state index >= 15 is 0 Å². The summed E-state index contributed by atoms with van der Waals surface area (Å²) < 4.78 is 26.0. The summed E-state index contributed by atoms with van der Waals surface area (Å²) in [6.07, 6.45) is 0.768. The lowest BCUT2D eigenvalue weighted by Crippen LogP contribution is -2.07. The largest absolute Gasteiger partial charge is 0.477 e. The van der Waals surface area contributed by atoms with E-state index in [9.17, 15) is 23.3 Å². The third kappa shape index (κ3) is 3.41. The van der Waals surface area contributed by atoms with E-state index in [2.05, 4.69) is 4.18 Å². The minimum Gasteiger partial charge on any atom is -0.477 e. The van der Waals surface area contributed by atoms with Gasteiger partial charge in [0.2, 0.25) is 0 Å². The second-order valence-electron chi connectivity index (χ2n) is 3.03. The van der Waals surface area contributed by atoms with Crippen molar-refractivity contribution in [2.75, 3.05) is 6.26 Å². The third-order valence-electron chi connectivity index (χ3n) is 1.64. The average molecular weight is 261 g/mol. The molecule has 0 aliphatic heterocycles. The lowest BCUT2D eigenvalue weighted by molar-refractivity contribution is -0.385. The van der Waals surface area contributed by atoms with Crippen LogP contribution in [0.5, 0.6) is 5.75 Å². The zero-order valence-corrected chi connectivity index (χ0v) is 9.30. The van der Waals surface area contributed by atoms with Crippen LogP contribution in [0, 0.1) is 10.1 Å². The fraction of sp³-hybridized carbons (Fsp3) is 0.125. The highest BCUT2D eigenvalue weighted by Crippen LogP contribution is 2.25. The van der Waals surface area contributed by atoms with Crippen molar-refractivity contribution in [3.05, 3.63) is 33.9 Å². The molecule has 0 atom stereocenters. The van der Waals surface area contributed by atoms with Crippen molar-refractivity contribution in [1.29, 1.82) is 0 Å². The molecule has 0 aliphatic carbocycles. The summed E-state index contributed by atoms with van der Waals surface area (Å²) in [6.45, 7) is 0. The van der Waals surface area contributed by atoms with Crippen LogP contribution in [0.2, 0.25) is 0 Å². The lowest BCUT2D eigenvalue weighted by Gasteiger charge is -2.03. The first-order chi connectivity index (χ1) is 7.70. The highest BCUT2D eigenvalue weighted by molar-refractivity contribution is 7.86. The number of carboxylic acids is 1. The van der Waals surface area contributed by atoms with Gasteiger partial charge in [-0.15, -0.1) is 0 Å². The Kier molecular flexibility index (Phi) is 3.32. The molecule has 0 aromatic heterocycles. The van der Waals surface area contributed by atoms with Crippen LogP contribution in [0.25, 0.3) is 0 Å². The minimum absolute atomic E-state index is 0.316. The SMILES string of the molecule is CS(=O)(=O)Oc1ccc(C(=O)O)c([N+](=O)[O-])c1. The first kappa shape index (κ1) is 12.9. The number of benzene rings is 1. The van der Waals surface area contributed by atoms with Crippen molar-refractivity contribution in [3.8, 4) is 5.75 Å². The van der Waals surface area contributed by atoms with E-state index < -0.39 is 32.3 Å². The van der Waals surface area contributed by atoms with Crippen LogP contribution >= 0.6 is 0 Å². The maximum Gasteiger partial charge on any atom is 0.342 e. The Morgan fingerprint density at radius 2 is 2.06 bits per heavy atom. The van der Waals surface area contributed by atoms with Crippen molar-refractivity contribution < 1.29 is 27.4 Å². The number of nitro groups is 1. The van der Waals surface area contributed by atoms with Crippen LogP contribution in [0.4, 0.5) is 5.69 Å². The highest BCUT2D eigenvalue weighted by Gasteiger charge is 2.21. The molecule has 1 rings (SSSR count). The number of carbonyl (C=O) groups is 1. The molecule has 0 heterocycles. The van der Waals surface area contributed by atoms with E-state index in [1.54, 1.807) is 0 Å². The second kappa shape index (κ2) is 4.37. The number of rotatable bonds is 4. The smallest absolute Gasteiger partial charge is 0.342 e. The van der Waals surface area contributed by atoms with Gasteiger partial charge in [0.15, 0.2) is 0 Å². The van der Waals surface area contributed by atoms with Crippen LogP contribution < -0.4 is 4.18 Å². The van der Waals surface area contributed by atoms with E-state index in [1.807, 2.05) is 0 Å². The molecule has 0 saturated carbocycles. The number of hydrogen-bond acceptors (Lipinski definition) is 6. The van der Waals surface area contributed by atoms with Gasteiger partial charge in [0.05, 0.1) is 17.2 Å². The van der Waals surface area contributed by atoms with Crippen LogP contribution in [0.3, 0.4) is 0 Å². The van der Waals surface area contributed by atoms with Gasteiger partial charge in [0, 0.05) is 0 Å². The normalized spacial score (nSPS) is 10.9. The topological polar surface area (TPSA) is 124 Å². The van der Waals surface area contributed by atoms with E-state index in [1.165, 1.54) is 0 Å². The molecule has 92 valence electrons. The number of carboxylic acid groups (broad SMARTS) is 1. The summed E-state index contributed by atoms with van der Waals surface area (Å²) in [7, 11) is -3.82. The third-order valence-corrected chi connectivity index (χ3v) is 2.14. The average Bonchev–Trinajstić information content (AvgIpc) is 2.14. The van der Waals surface area contributed by atoms with Crippen LogP contribution in [0.15, 0.2) is 18.2 Å². The van der Waals surface area contributed by atoms with Crippen LogP contribution in [-0.2, 0) is 10.1 Å². The Hall–Kier alpha value is -2.16. The van der Waals surface area contributed by atoms with Gasteiger partial charge in [-0.25, -0.2) is 4.79 Å². The number of aromatic carboxylic acids is 1. The van der Waals surface area contributed by atoms with E-state index in [0.717, 1.165) is 24.5 Å². The van der Waals surface area contributed by atoms with Crippen molar-refractivity contribution >= 4 is 21.8 Å². The maximum absolute atomic E-state index is 10.8. The fourth-order valence-corrected chi connectivity index (χ4v) is 1.52. The monoisotopic (exact) mass is 261 g/mol. The molecule has 0 unspecified atom stereocenters. The zero-order valence-electron chi connectivity index (χ0n) is 8.48. The summed E-state index contributed by atoms with van der Waals surface area (Å²) in [5.41, 5.74) is -1.28. The van der Waals surface area contributed by atoms with Gasteiger partial charge < -0.3 is 9.29 Å². The van der Waals surface area contributed by atoms with Gasteiger partial charge in [-0.1, -0.05) is 0 Å². The van der Waals surface area contributed by atoms with Gasteiger partial charge in [-0.2, -0.15) is 8.42 Å². The molecule has 0 bridgehead atoms. The summed E-state index contributed by atoms with van der Waals surface area (Å²) in [4.78, 5) is 20.3. The number of hydrogen-bond donors (Lipinski definition) is 1. The standard InChI is InChI=1S/C8H7NO7S/c1-17(14,15)16-5-2-3-6(8(10)11)7(4-5)9(12)13/h2-4H,1H3,(H,10,11). The molecule has 8 nitrogen and oxygen atoms in total. The first-order valence-electron chi connectivity index (χ1n) is 4.12. The Morgan fingerprint density at radius 1 is 1.47 bits per heavy atom. The van der Waals surface area contributed by atoms with Gasteiger partial charge in [0.1, 0.15) is 11.3 Å². The van der Waals surface area contributed by atoms with E-state index in [0.29, 0.717) is 0 Å². The van der Waals surface area contributed by atoms with Gasteiger partial charge >= 0.3 is 16.1 Å². The van der Waals surface area contributed by atoms with Gasteiger partial charge in [0.25, 0.3) is 5.69 Å². The molecule has 1 aromatic rings. The van der Waals surface area contributed by atoms with Crippen molar-refractivity contribution in [2.45, 2.75) is 0 Å². The van der Waals surface area contributed by atoms with E-state index in [4.69, 9.17) is 5.11 Å². The van der Waals surface area contributed by atoms with Gasteiger partial charge in [-0.3, -0.25) is 10.1 Å². The predicted octanol–water partition coefficient (Wildman–Crippen LogP) is 0.631. The Morgan fingerprint density at radius 3 is 2.47 bits per heavy atom. The fourth-order valence-electron chi connectivity index (χ4n) is 1.07. The summed E-state index contributed by atoms with van der Waals surface area (Å²) in [5.74, 6) is -1.80. The van der Waals surface area contributed by atoms with E-state index in [-0.39, 0.29) is 5.75 Å². The summed E-state index contributed by atoms with van der Waals surface area (Å²) in [5, 5.41) is 19.3. The molecule has 9 heteroatoms. The molecule has 17 heavy (non-hydrogen) atoms. The molecule has 0 radical (unpaired) electrons. The molecule has 1 N–H and O–H groups in total. The predicted molar refractivity (Wildman–Crippen MR) is 55.5 cm³/mol. The number of nitro benzene ring substituents is 1. The second-order valence-corrected chi connectivity index (χ2v) is 4.60. The molecule has 0 aliphatic rings. The number of nitrogens with zero attached hydrogens (tertiary/aromatic N) is 1. The van der Waals surface area contributed by atoms with Crippen molar-refractivity contribution in [3.63, 3.8) is 0 Å². The van der Waals surface area contributed by atoms with Crippen LogP contribution in [0.1, 0.15) is 10.4 Å². The molecule has 1 aromatic carbocycles. The molecule has 0 fully saturated rings. The minimum atomic E-state index is -3.82. The lowest BCUT2D eigenvalue weighted by atomic mass is 10.2. The van der Waals surface area contributed by atoms with Gasteiger partial charge in [-0.05, 0) is 12.1 Å². The van der Waals surface area contributed by atoms with Crippen LogP contribution in [-0.4, -0.2) is 30.7 Å². The zero-order chi connectivity index (χ0) is 13.2. The summed E-state index contributed by atoms with van der Waals surface area (Å²) in [6, 6.07) is 2.67.